The van der Waals surface area contributed by atoms with E-state index in [4.69, 9.17) is 5.73 Å². The molecule has 4 heteroatoms. The van der Waals surface area contributed by atoms with Crippen LogP contribution in [0.5, 0.6) is 0 Å². The summed E-state index contributed by atoms with van der Waals surface area (Å²) in [4.78, 5) is 10.5. The van der Waals surface area contributed by atoms with Crippen LogP contribution in [0, 0.1) is 0 Å². The van der Waals surface area contributed by atoms with Crippen molar-refractivity contribution in [1.82, 2.24) is 5.32 Å². The summed E-state index contributed by atoms with van der Waals surface area (Å²) in [6.07, 6.45) is 0. The molecule has 0 atom stereocenters. The molecule has 0 fully saturated rings. The average Bonchev–Trinajstić information content (AvgIpc) is 2.04. The Morgan fingerprint density at radius 3 is 2.92 bits per heavy atom. The minimum Gasteiger partial charge on any atom is -0.351 e. The van der Waals surface area contributed by atoms with Crippen LogP contribution >= 0.6 is 0 Å². The predicted octanol–water partition coefficient (Wildman–Crippen LogP) is 0.897. The first-order valence-corrected chi connectivity index (χ1v) is 4.02. The predicted molar refractivity (Wildman–Crippen MR) is 52.4 cm³/mol. The molecule has 0 saturated carbocycles. The first-order valence-electron chi connectivity index (χ1n) is 4.02. The van der Waals surface area contributed by atoms with E-state index in [0.29, 0.717) is 0 Å². The Morgan fingerprint density at radius 1 is 1.54 bits per heavy atom. The average molecular weight is 179 g/mol. The molecule has 0 aliphatic rings. The maximum absolute atomic E-state index is 10.5. The number of nitrogens with one attached hydrogen (secondary N) is 2. The molecule has 13 heavy (non-hydrogen) atoms. The molecule has 1 aromatic carbocycles. The molecule has 0 aliphatic carbocycles. The largest absolute Gasteiger partial charge is 0.351 e. The van der Waals surface area contributed by atoms with E-state index in [1.807, 2.05) is 25.2 Å². The molecule has 0 aliphatic heterocycles. The van der Waals surface area contributed by atoms with Crippen molar-refractivity contribution >= 4 is 11.7 Å². The van der Waals surface area contributed by atoms with Gasteiger partial charge >= 0.3 is 6.03 Å². The van der Waals surface area contributed by atoms with Crippen LogP contribution in [0.4, 0.5) is 10.5 Å². The molecule has 0 radical (unpaired) electrons. The van der Waals surface area contributed by atoms with Crippen LogP contribution in [-0.2, 0) is 6.54 Å². The number of rotatable bonds is 3. The fourth-order valence-electron chi connectivity index (χ4n) is 1.11. The molecule has 4 N–H and O–H groups in total. The first kappa shape index (κ1) is 9.54. The Balaban J connectivity index is 2.73. The van der Waals surface area contributed by atoms with Crippen molar-refractivity contribution in [2.45, 2.75) is 6.54 Å². The van der Waals surface area contributed by atoms with E-state index in [-0.39, 0.29) is 0 Å². The van der Waals surface area contributed by atoms with Crippen molar-refractivity contribution in [1.29, 1.82) is 0 Å². The van der Waals surface area contributed by atoms with Gasteiger partial charge in [0.25, 0.3) is 0 Å². The van der Waals surface area contributed by atoms with Crippen molar-refractivity contribution in [3.63, 3.8) is 0 Å². The molecule has 4 nitrogen and oxygen atoms in total. The lowest BCUT2D eigenvalue weighted by Crippen LogP contribution is -2.19. The van der Waals surface area contributed by atoms with Crippen molar-refractivity contribution in [2.24, 2.45) is 5.73 Å². The molecular weight excluding hydrogens is 166 g/mol. The number of primary amides is 1. The summed E-state index contributed by atoms with van der Waals surface area (Å²) < 4.78 is 0. The topological polar surface area (TPSA) is 67.2 Å². The highest BCUT2D eigenvalue weighted by molar-refractivity contribution is 5.87. The summed E-state index contributed by atoms with van der Waals surface area (Å²) in [5.74, 6) is 0. The third-order valence-corrected chi connectivity index (χ3v) is 1.58. The zero-order valence-electron chi connectivity index (χ0n) is 7.50. The zero-order chi connectivity index (χ0) is 9.68. The van der Waals surface area contributed by atoms with E-state index in [1.54, 1.807) is 6.07 Å². The van der Waals surface area contributed by atoms with E-state index >= 15 is 0 Å². The maximum Gasteiger partial charge on any atom is 0.316 e. The summed E-state index contributed by atoms with van der Waals surface area (Å²) in [6.45, 7) is 0.772. The van der Waals surface area contributed by atoms with Gasteiger partial charge in [0.1, 0.15) is 0 Å². The summed E-state index contributed by atoms with van der Waals surface area (Å²) in [7, 11) is 1.87. The van der Waals surface area contributed by atoms with Gasteiger partial charge in [0.05, 0.1) is 0 Å². The van der Waals surface area contributed by atoms with Crippen LogP contribution in [0.2, 0.25) is 0 Å². The molecule has 0 aromatic heterocycles. The SMILES string of the molecule is CNCc1cccc(NC(N)=O)c1. The molecule has 1 aromatic rings. The molecule has 0 unspecified atom stereocenters. The Bertz CT molecular complexity index is 299. The number of urea groups is 1. The second kappa shape index (κ2) is 4.47. The fourth-order valence-corrected chi connectivity index (χ4v) is 1.11. The lowest BCUT2D eigenvalue weighted by molar-refractivity contribution is 0.259. The highest BCUT2D eigenvalue weighted by Gasteiger charge is 1.96. The smallest absolute Gasteiger partial charge is 0.316 e. The fraction of sp³-hybridized carbons (Fsp3) is 0.222. The Morgan fingerprint density at radius 2 is 2.31 bits per heavy atom. The number of amides is 2. The molecule has 0 bridgehead atoms. The number of carbonyl (C=O) groups is 1. The van der Waals surface area contributed by atoms with Crippen molar-refractivity contribution in [3.8, 4) is 0 Å². The number of hydrogen-bond acceptors (Lipinski definition) is 2. The minimum absolute atomic E-state index is 0.540. The quantitative estimate of drug-likeness (QED) is 0.645. The van der Waals surface area contributed by atoms with E-state index < -0.39 is 6.03 Å². The lowest BCUT2D eigenvalue weighted by Gasteiger charge is -2.04. The normalized spacial score (nSPS) is 9.62. The number of nitrogens with two attached hydrogens (primary N) is 1. The van der Waals surface area contributed by atoms with Gasteiger partial charge in [-0.2, -0.15) is 0 Å². The second-order valence-electron chi connectivity index (χ2n) is 2.72. The Kier molecular flexibility index (Phi) is 3.28. The highest BCUT2D eigenvalue weighted by atomic mass is 16.2. The number of hydrogen-bond donors (Lipinski definition) is 3. The van der Waals surface area contributed by atoms with Crippen LogP contribution in [0.1, 0.15) is 5.56 Å². The van der Waals surface area contributed by atoms with E-state index in [9.17, 15) is 4.79 Å². The molecule has 0 heterocycles. The summed E-state index contributed by atoms with van der Waals surface area (Å²) in [6, 6.07) is 6.98. The van der Waals surface area contributed by atoms with E-state index in [1.165, 1.54) is 0 Å². The van der Waals surface area contributed by atoms with E-state index in [2.05, 4.69) is 10.6 Å². The van der Waals surface area contributed by atoms with Crippen molar-refractivity contribution < 1.29 is 4.79 Å². The van der Waals surface area contributed by atoms with Crippen LogP contribution < -0.4 is 16.4 Å². The molecular formula is C9H13N3O. The van der Waals surface area contributed by atoms with Crippen LogP contribution in [-0.4, -0.2) is 13.1 Å². The standard InChI is InChI=1S/C9H13N3O/c1-11-6-7-3-2-4-8(5-7)12-9(10)13/h2-5,11H,6H2,1H3,(H3,10,12,13). The third-order valence-electron chi connectivity index (χ3n) is 1.58. The molecule has 0 spiro atoms. The van der Waals surface area contributed by atoms with Gasteiger partial charge < -0.3 is 16.4 Å². The molecule has 0 saturated heterocycles. The van der Waals surface area contributed by atoms with Crippen LogP contribution in [0.3, 0.4) is 0 Å². The van der Waals surface area contributed by atoms with Gasteiger partial charge in [-0.25, -0.2) is 4.79 Å². The van der Waals surface area contributed by atoms with Crippen molar-refractivity contribution in [3.05, 3.63) is 29.8 Å². The number of anilines is 1. The zero-order valence-corrected chi connectivity index (χ0v) is 7.50. The van der Waals surface area contributed by atoms with Gasteiger partial charge in [0.15, 0.2) is 0 Å². The molecule has 1 rings (SSSR count). The molecule has 2 amide bonds. The van der Waals surface area contributed by atoms with Crippen LogP contribution in [0.25, 0.3) is 0 Å². The highest BCUT2D eigenvalue weighted by Crippen LogP contribution is 2.09. The monoisotopic (exact) mass is 179 g/mol. The van der Waals surface area contributed by atoms with Gasteiger partial charge in [0, 0.05) is 12.2 Å². The van der Waals surface area contributed by atoms with Crippen LogP contribution in [0.15, 0.2) is 24.3 Å². The third kappa shape index (κ3) is 3.13. The Hall–Kier alpha value is -1.55. The summed E-state index contributed by atoms with van der Waals surface area (Å²) in [5.41, 5.74) is 6.81. The number of carbonyl (C=O) groups excluding carboxylic acids is 1. The van der Waals surface area contributed by atoms with Gasteiger partial charge in [-0.15, -0.1) is 0 Å². The molecule has 70 valence electrons. The summed E-state index contributed by atoms with van der Waals surface area (Å²) in [5, 5.41) is 5.54. The van der Waals surface area contributed by atoms with Crippen molar-refractivity contribution in [2.75, 3.05) is 12.4 Å². The minimum atomic E-state index is -0.540. The van der Waals surface area contributed by atoms with E-state index in [0.717, 1.165) is 17.8 Å². The number of benzene rings is 1. The van der Waals surface area contributed by atoms with Gasteiger partial charge in [-0.1, -0.05) is 12.1 Å². The second-order valence-corrected chi connectivity index (χ2v) is 2.72. The Labute approximate surface area is 77.1 Å². The van der Waals surface area contributed by atoms with Gasteiger partial charge in [-0.3, -0.25) is 0 Å². The lowest BCUT2D eigenvalue weighted by atomic mass is 10.2. The van der Waals surface area contributed by atoms with Gasteiger partial charge in [-0.05, 0) is 24.7 Å². The summed E-state index contributed by atoms with van der Waals surface area (Å²) >= 11 is 0. The first-order chi connectivity index (χ1) is 6.22. The maximum atomic E-state index is 10.5. The van der Waals surface area contributed by atoms with Gasteiger partial charge in [0.2, 0.25) is 0 Å².